The Hall–Kier alpha value is -1.39. The lowest BCUT2D eigenvalue weighted by Crippen LogP contribution is -2.69. The third kappa shape index (κ3) is 10.0. The first-order chi connectivity index (χ1) is 24.1. The molecule has 2 aliphatic carbocycles. The van der Waals surface area contributed by atoms with Gasteiger partial charge in [0.2, 0.25) is 5.95 Å². The van der Waals surface area contributed by atoms with Gasteiger partial charge in [0.05, 0.1) is 29.3 Å². The summed E-state index contributed by atoms with van der Waals surface area (Å²) in [6.07, 6.45) is 20.8. The van der Waals surface area contributed by atoms with Crippen LogP contribution in [0.5, 0.6) is 0 Å². The number of aryl methyl sites for hydroxylation is 1. The second-order valence-corrected chi connectivity index (χ2v) is 19.3. The zero-order chi connectivity index (χ0) is 37.0. The van der Waals surface area contributed by atoms with Crippen molar-refractivity contribution < 1.29 is 9.68 Å². The molecule has 2 saturated heterocycles. The number of hydrogen-bond donors (Lipinski definition) is 0. The molecule has 0 N–H and O–H groups in total. The van der Waals surface area contributed by atoms with Gasteiger partial charge in [-0.25, -0.2) is 4.98 Å². The molecule has 0 aromatic carbocycles. The zero-order valence-electron chi connectivity index (χ0n) is 34.9. The Balaban J connectivity index is 1.42. The van der Waals surface area contributed by atoms with Crippen LogP contribution in [-0.4, -0.2) is 90.0 Å². The largest absolute Gasteiger partial charge is 0.338 e. The maximum atomic E-state index is 6.89. The maximum absolute atomic E-state index is 6.89. The van der Waals surface area contributed by atoms with Crippen molar-refractivity contribution in [2.24, 2.45) is 0 Å². The SMILES string of the molecule is CCCCC(c1nc(C)nc(N(CCCC)C2CC(C)(C)N(OC3CCCCC3)C(C)(C)C2)n1)N1CC(C)(C)N(OC2CCCCC2)C(C)(C)C1. The van der Waals surface area contributed by atoms with E-state index in [1.54, 1.807) is 0 Å². The van der Waals surface area contributed by atoms with Crippen LogP contribution in [-0.2, 0) is 9.68 Å². The molecule has 1 unspecified atom stereocenters. The monoisotopic (exact) mass is 712 g/mol. The van der Waals surface area contributed by atoms with Crippen molar-refractivity contribution in [3.63, 3.8) is 0 Å². The van der Waals surface area contributed by atoms with Gasteiger partial charge in [0.15, 0.2) is 5.82 Å². The molecule has 5 rings (SSSR count). The van der Waals surface area contributed by atoms with Crippen LogP contribution in [0.1, 0.15) is 196 Å². The lowest BCUT2D eigenvalue weighted by Gasteiger charge is -2.57. The summed E-state index contributed by atoms with van der Waals surface area (Å²) in [6, 6.07) is 0.447. The average molecular weight is 712 g/mol. The topological polar surface area (TPSA) is 70.1 Å². The van der Waals surface area contributed by atoms with E-state index in [2.05, 4.69) is 96.1 Å². The number of anilines is 1. The van der Waals surface area contributed by atoms with E-state index in [1.165, 1.54) is 64.2 Å². The molecule has 0 amide bonds. The highest BCUT2D eigenvalue weighted by Crippen LogP contribution is 2.44. The smallest absolute Gasteiger partial charge is 0.229 e. The van der Waals surface area contributed by atoms with E-state index in [9.17, 15) is 0 Å². The second-order valence-electron chi connectivity index (χ2n) is 19.3. The summed E-state index contributed by atoms with van der Waals surface area (Å²) in [7, 11) is 0. The molecule has 4 aliphatic rings. The van der Waals surface area contributed by atoms with E-state index in [0.29, 0.717) is 18.2 Å². The zero-order valence-corrected chi connectivity index (χ0v) is 34.9. The van der Waals surface area contributed by atoms with Crippen molar-refractivity contribution in [3.05, 3.63) is 11.6 Å². The fourth-order valence-electron chi connectivity index (χ4n) is 10.3. The molecule has 9 heteroatoms. The summed E-state index contributed by atoms with van der Waals surface area (Å²) >= 11 is 0. The van der Waals surface area contributed by atoms with Crippen LogP contribution in [0.4, 0.5) is 5.95 Å². The fraction of sp³-hybridized carbons (Fsp3) is 0.929. The summed E-state index contributed by atoms with van der Waals surface area (Å²) in [5, 5.41) is 4.75. The fourth-order valence-corrected chi connectivity index (χ4v) is 10.3. The van der Waals surface area contributed by atoms with E-state index < -0.39 is 0 Å². The quantitative estimate of drug-likeness (QED) is 0.188. The molecule has 3 heterocycles. The lowest BCUT2D eigenvalue weighted by molar-refractivity contribution is -0.317. The lowest BCUT2D eigenvalue weighted by atomic mass is 9.78. The third-order valence-electron chi connectivity index (χ3n) is 12.2. The number of hydrogen-bond acceptors (Lipinski definition) is 9. The van der Waals surface area contributed by atoms with Crippen LogP contribution >= 0.6 is 0 Å². The number of unbranched alkanes of at least 4 members (excludes halogenated alkanes) is 2. The predicted molar refractivity (Wildman–Crippen MR) is 210 cm³/mol. The molecule has 0 bridgehead atoms. The molecule has 1 aromatic heterocycles. The molecule has 2 saturated carbocycles. The Morgan fingerprint density at radius 3 is 1.65 bits per heavy atom. The summed E-state index contributed by atoms with van der Waals surface area (Å²) in [4.78, 5) is 34.8. The second kappa shape index (κ2) is 17.0. The molecular formula is C42H77N7O2. The predicted octanol–water partition coefficient (Wildman–Crippen LogP) is 9.74. The maximum Gasteiger partial charge on any atom is 0.229 e. The molecule has 0 radical (unpaired) electrons. The Bertz CT molecular complexity index is 1110. The Morgan fingerprint density at radius 1 is 0.667 bits per heavy atom. The van der Waals surface area contributed by atoms with Crippen molar-refractivity contribution in [1.29, 1.82) is 0 Å². The van der Waals surface area contributed by atoms with Gasteiger partial charge in [0.25, 0.3) is 0 Å². The van der Waals surface area contributed by atoms with Crippen molar-refractivity contribution in [3.8, 4) is 0 Å². The van der Waals surface area contributed by atoms with Gasteiger partial charge in [-0.15, -0.1) is 0 Å². The van der Waals surface area contributed by atoms with Gasteiger partial charge in [0.1, 0.15) is 5.82 Å². The third-order valence-corrected chi connectivity index (χ3v) is 12.2. The number of aromatic nitrogens is 3. The Kier molecular flexibility index (Phi) is 13.6. The summed E-state index contributed by atoms with van der Waals surface area (Å²) < 4.78 is 0. The number of piperidine rings is 1. The van der Waals surface area contributed by atoms with Crippen LogP contribution in [0.3, 0.4) is 0 Å². The minimum atomic E-state index is -0.146. The van der Waals surface area contributed by atoms with Gasteiger partial charge in [-0.05, 0) is 114 Å². The van der Waals surface area contributed by atoms with E-state index in [1.807, 2.05) is 0 Å². The van der Waals surface area contributed by atoms with Crippen molar-refractivity contribution in [2.45, 2.75) is 232 Å². The van der Waals surface area contributed by atoms with Gasteiger partial charge in [-0.3, -0.25) is 14.6 Å². The van der Waals surface area contributed by atoms with E-state index >= 15 is 0 Å². The number of nitrogens with zero attached hydrogens (tertiary/aromatic N) is 7. The molecule has 9 nitrogen and oxygen atoms in total. The van der Waals surface area contributed by atoms with Gasteiger partial charge in [-0.2, -0.15) is 20.1 Å². The van der Waals surface area contributed by atoms with E-state index in [-0.39, 0.29) is 28.2 Å². The van der Waals surface area contributed by atoms with Crippen LogP contribution in [0.2, 0.25) is 0 Å². The van der Waals surface area contributed by atoms with Crippen LogP contribution < -0.4 is 4.90 Å². The Morgan fingerprint density at radius 2 is 1.16 bits per heavy atom. The molecule has 1 atom stereocenters. The van der Waals surface area contributed by atoms with Gasteiger partial charge >= 0.3 is 0 Å². The van der Waals surface area contributed by atoms with Gasteiger partial charge in [-0.1, -0.05) is 71.6 Å². The van der Waals surface area contributed by atoms with Crippen molar-refractivity contribution in [1.82, 2.24) is 30.0 Å². The van der Waals surface area contributed by atoms with E-state index in [0.717, 1.165) is 82.2 Å². The van der Waals surface area contributed by atoms with Crippen molar-refractivity contribution in [2.75, 3.05) is 24.5 Å². The molecule has 1 aromatic rings. The number of piperazine rings is 1. The normalized spacial score (nSPS) is 25.9. The highest BCUT2D eigenvalue weighted by molar-refractivity contribution is 5.34. The number of rotatable bonds is 14. The van der Waals surface area contributed by atoms with Crippen molar-refractivity contribution >= 4 is 5.95 Å². The first kappa shape index (κ1) is 40.8. The van der Waals surface area contributed by atoms with Gasteiger partial charge in [0, 0.05) is 36.8 Å². The first-order valence-electron chi connectivity index (χ1n) is 21.2. The minimum Gasteiger partial charge on any atom is -0.338 e. The number of hydroxylamine groups is 4. The van der Waals surface area contributed by atoms with Crippen LogP contribution in [0.25, 0.3) is 0 Å². The average Bonchev–Trinajstić information content (AvgIpc) is 3.05. The molecule has 4 fully saturated rings. The summed E-state index contributed by atoms with van der Waals surface area (Å²) in [6.45, 7) is 28.4. The first-order valence-corrected chi connectivity index (χ1v) is 21.2. The van der Waals surface area contributed by atoms with Crippen LogP contribution in [0, 0.1) is 6.92 Å². The highest BCUT2D eigenvalue weighted by atomic mass is 16.7. The molecule has 0 spiro atoms. The molecule has 51 heavy (non-hydrogen) atoms. The summed E-state index contributed by atoms with van der Waals surface area (Å²) in [5.74, 6) is 2.63. The standard InChI is InChI=1S/C42H77N7O2/c1-12-14-26-36(46-30-41(8,9)49(42(10,11)31-46)51-35-24-20-17-21-25-35)37-43-32(3)44-38(45-37)47(27-15-13-2)33-28-39(4,5)48(40(6,7)29-33)50-34-22-18-16-19-23-34/h33-36H,12-31H2,1-11H3. The Labute approximate surface area is 312 Å². The highest BCUT2D eigenvalue weighted by Gasteiger charge is 2.51. The van der Waals surface area contributed by atoms with E-state index in [4.69, 9.17) is 24.6 Å². The molecule has 292 valence electrons. The molecule has 2 aliphatic heterocycles. The molecular weight excluding hydrogens is 635 g/mol. The van der Waals surface area contributed by atoms with Gasteiger partial charge < -0.3 is 4.90 Å². The van der Waals surface area contributed by atoms with Crippen LogP contribution in [0.15, 0.2) is 0 Å². The minimum absolute atomic E-state index is 0.112. The summed E-state index contributed by atoms with van der Waals surface area (Å²) in [5.41, 5.74) is -0.516.